The molecule has 0 aliphatic heterocycles. The second-order valence-corrected chi connectivity index (χ2v) is 17.9. The largest absolute Gasteiger partial charge is 0.462 e. The lowest BCUT2D eigenvalue weighted by Crippen LogP contribution is -2.46. The molecule has 0 spiro atoms. The predicted molar refractivity (Wildman–Crippen MR) is 273 cm³/mol. The number of ether oxygens (including phenoxy) is 1. The Kier molecular flexibility index (Phi) is 48.1. The van der Waals surface area contributed by atoms with Crippen molar-refractivity contribution in [2.75, 3.05) is 6.61 Å². The van der Waals surface area contributed by atoms with Gasteiger partial charge in [-0.05, 0) is 83.5 Å². The number of allylic oxidation sites excluding steroid dienone is 12. The van der Waals surface area contributed by atoms with E-state index in [-0.39, 0.29) is 24.9 Å². The Balaban J connectivity index is 4.69. The number of esters is 1. The van der Waals surface area contributed by atoms with E-state index < -0.39 is 18.2 Å². The van der Waals surface area contributed by atoms with Crippen LogP contribution >= 0.6 is 0 Å². The van der Waals surface area contributed by atoms with Crippen molar-refractivity contribution in [3.8, 4) is 0 Å². The molecular weight excluding hydrogens is 779 g/mol. The lowest BCUT2D eigenvalue weighted by atomic mass is 10.0. The molecule has 0 aliphatic carbocycles. The SMILES string of the molecule is CC/C=C/C/C=C/C/C=C/C/C=C/CCCCCC(=O)OC(CCC/C=C/C=C/CCCCCCCCC)CC(=O)NC(CO)C(O)CCCCCCCCCCCCCCCC. The number of unbranched alkanes of at least 4 members (excludes halogenated alkanes) is 24. The number of aliphatic hydroxyl groups excluding tert-OH is 2. The minimum Gasteiger partial charge on any atom is -0.462 e. The predicted octanol–water partition coefficient (Wildman–Crippen LogP) is 16.2. The Bertz CT molecular complexity index is 1170. The summed E-state index contributed by atoms with van der Waals surface area (Å²) in [7, 11) is 0. The van der Waals surface area contributed by atoms with E-state index >= 15 is 0 Å². The third-order valence-electron chi connectivity index (χ3n) is 11.8. The Morgan fingerprint density at radius 2 is 0.921 bits per heavy atom. The number of hydrogen-bond donors (Lipinski definition) is 3. The van der Waals surface area contributed by atoms with Gasteiger partial charge in [0, 0.05) is 6.42 Å². The maximum absolute atomic E-state index is 13.2. The lowest BCUT2D eigenvalue weighted by molar-refractivity contribution is -0.151. The monoisotopic (exact) mass is 880 g/mol. The van der Waals surface area contributed by atoms with Gasteiger partial charge in [-0.3, -0.25) is 9.59 Å². The van der Waals surface area contributed by atoms with Gasteiger partial charge in [-0.1, -0.05) is 229 Å². The number of carbonyl (C=O) groups is 2. The number of nitrogens with one attached hydrogen (secondary N) is 1. The van der Waals surface area contributed by atoms with Crippen LogP contribution < -0.4 is 5.32 Å². The summed E-state index contributed by atoms with van der Waals surface area (Å²) in [5.41, 5.74) is 0. The summed E-state index contributed by atoms with van der Waals surface area (Å²) < 4.78 is 5.90. The first kappa shape index (κ1) is 60.3. The summed E-state index contributed by atoms with van der Waals surface area (Å²) in [6, 6.07) is -0.725. The topological polar surface area (TPSA) is 95.9 Å². The Morgan fingerprint density at radius 3 is 1.43 bits per heavy atom. The minimum absolute atomic E-state index is 0.0295. The molecule has 0 aliphatic rings. The van der Waals surface area contributed by atoms with Gasteiger partial charge < -0.3 is 20.3 Å². The van der Waals surface area contributed by atoms with Gasteiger partial charge >= 0.3 is 5.97 Å². The Hall–Kier alpha value is -2.70. The zero-order valence-corrected chi connectivity index (χ0v) is 41.4. The number of carbonyl (C=O) groups excluding carboxylic acids is 2. The molecule has 0 radical (unpaired) electrons. The molecule has 3 unspecified atom stereocenters. The van der Waals surface area contributed by atoms with E-state index in [1.165, 1.54) is 116 Å². The van der Waals surface area contributed by atoms with E-state index in [9.17, 15) is 19.8 Å². The molecular formula is C57H101NO5. The molecule has 3 N–H and O–H groups in total. The Morgan fingerprint density at radius 1 is 0.492 bits per heavy atom. The number of amides is 1. The molecule has 0 rings (SSSR count). The van der Waals surface area contributed by atoms with Crippen molar-refractivity contribution >= 4 is 11.9 Å². The highest BCUT2D eigenvalue weighted by molar-refractivity contribution is 5.77. The summed E-state index contributed by atoms with van der Waals surface area (Å²) in [5.74, 6) is -0.557. The van der Waals surface area contributed by atoms with E-state index in [1.807, 2.05) is 0 Å². The highest BCUT2D eigenvalue weighted by Gasteiger charge is 2.24. The van der Waals surface area contributed by atoms with Crippen molar-refractivity contribution in [2.45, 2.75) is 270 Å². The second kappa shape index (κ2) is 50.3. The van der Waals surface area contributed by atoms with Gasteiger partial charge in [0.15, 0.2) is 0 Å². The summed E-state index contributed by atoms with van der Waals surface area (Å²) >= 11 is 0. The van der Waals surface area contributed by atoms with Crippen LogP contribution in [0.2, 0.25) is 0 Å². The smallest absolute Gasteiger partial charge is 0.306 e. The molecule has 0 aromatic heterocycles. The third-order valence-corrected chi connectivity index (χ3v) is 11.8. The first-order chi connectivity index (χ1) is 31.0. The molecule has 0 fully saturated rings. The summed E-state index contributed by atoms with van der Waals surface area (Å²) in [6.07, 6.45) is 63.9. The normalized spacial score (nSPS) is 13.8. The van der Waals surface area contributed by atoms with Gasteiger partial charge in [-0.2, -0.15) is 0 Å². The highest BCUT2D eigenvalue weighted by atomic mass is 16.5. The van der Waals surface area contributed by atoms with Crippen LogP contribution in [0.25, 0.3) is 0 Å². The van der Waals surface area contributed by atoms with Crippen LogP contribution in [0.1, 0.15) is 252 Å². The lowest BCUT2D eigenvalue weighted by Gasteiger charge is -2.24. The summed E-state index contributed by atoms with van der Waals surface area (Å²) in [5, 5.41) is 23.8. The number of rotatable bonds is 47. The zero-order valence-electron chi connectivity index (χ0n) is 41.4. The first-order valence-electron chi connectivity index (χ1n) is 26.7. The highest BCUT2D eigenvalue weighted by Crippen LogP contribution is 2.17. The average molecular weight is 880 g/mol. The quantitative estimate of drug-likeness (QED) is 0.0245. The van der Waals surface area contributed by atoms with E-state index in [2.05, 4.69) is 99.0 Å². The second-order valence-electron chi connectivity index (χ2n) is 17.9. The molecule has 3 atom stereocenters. The fraction of sp³-hybridized carbons (Fsp3) is 0.754. The number of aliphatic hydroxyl groups is 2. The number of hydrogen-bond acceptors (Lipinski definition) is 5. The molecule has 0 heterocycles. The van der Waals surface area contributed by atoms with Crippen LogP contribution in [0.5, 0.6) is 0 Å². The van der Waals surface area contributed by atoms with Crippen LogP contribution in [-0.2, 0) is 14.3 Å². The first-order valence-corrected chi connectivity index (χ1v) is 26.7. The molecule has 1 amide bonds. The third kappa shape index (κ3) is 45.7. The standard InChI is InChI=1S/C57H101NO5/c1-4-7-10-13-16-19-22-25-28-29-32-35-38-41-44-47-50-57(62)63-53(48-45-42-39-36-33-30-26-23-20-17-14-11-8-5-2)51-56(61)58-54(52-59)55(60)49-46-43-40-37-34-31-27-24-21-18-15-12-9-6-3/h7,10,16,19,25,28,30,32-33,35-36,39,53-55,59-60H,4-6,8-9,11-15,17-18,20-24,26-27,29,31,34,37-38,40-52H2,1-3H3,(H,58,61)/b10-7+,19-16+,28-25+,33-30+,35-32+,39-36+. The maximum atomic E-state index is 13.2. The summed E-state index contributed by atoms with van der Waals surface area (Å²) in [4.78, 5) is 26.2. The maximum Gasteiger partial charge on any atom is 0.306 e. The van der Waals surface area contributed by atoms with Crippen molar-refractivity contribution < 1.29 is 24.5 Å². The van der Waals surface area contributed by atoms with Crippen LogP contribution in [0.4, 0.5) is 0 Å². The van der Waals surface area contributed by atoms with Crippen molar-refractivity contribution in [1.82, 2.24) is 5.32 Å². The fourth-order valence-corrected chi connectivity index (χ4v) is 7.77. The van der Waals surface area contributed by atoms with Gasteiger partial charge in [0.25, 0.3) is 0 Å². The van der Waals surface area contributed by atoms with E-state index in [0.29, 0.717) is 19.3 Å². The van der Waals surface area contributed by atoms with Crippen LogP contribution in [0.3, 0.4) is 0 Å². The van der Waals surface area contributed by atoms with Gasteiger partial charge in [-0.15, -0.1) is 0 Å². The molecule has 0 saturated heterocycles. The van der Waals surface area contributed by atoms with Gasteiger partial charge in [0.2, 0.25) is 5.91 Å². The molecule has 0 saturated carbocycles. The zero-order chi connectivity index (χ0) is 45.9. The molecule has 0 aromatic rings. The van der Waals surface area contributed by atoms with Crippen LogP contribution in [-0.4, -0.2) is 46.9 Å². The van der Waals surface area contributed by atoms with Crippen LogP contribution in [0.15, 0.2) is 72.9 Å². The van der Waals surface area contributed by atoms with E-state index in [0.717, 1.165) is 89.9 Å². The van der Waals surface area contributed by atoms with Gasteiger partial charge in [0.05, 0.1) is 25.2 Å². The fourth-order valence-electron chi connectivity index (χ4n) is 7.77. The minimum atomic E-state index is -0.807. The van der Waals surface area contributed by atoms with Crippen molar-refractivity contribution in [3.05, 3.63) is 72.9 Å². The van der Waals surface area contributed by atoms with E-state index in [1.54, 1.807) is 0 Å². The molecule has 6 nitrogen and oxygen atoms in total. The van der Waals surface area contributed by atoms with E-state index in [4.69, 9.17) is 4.74 Å². The Labute approximate surface area is 390 Å². The van der Waals surface area contributed by atoms with Gasteiger partial charge in [0.1, 0.15) is 6.10 Å². The van der Waals surface area contributed by atoms with Gasteiger partial charge in [-0.25, -0.2) is 0 Å². The molecule has 0 aromatic carbocycles. The molecule has 63 heavy (non-hydrogen) atoms. The van der Waals surface area contributed by atoms with Crippen molar-refractivity contribution in [3.63, 3.8) is 0 Å². The van der Waals surface area contributed by atoms with Crippen LogP contribution in [0, 0.1) is 0 Å². The molecule has 364 valence electrons. The summed E-state index contributed by atoms with van der Waals surface area (Å²) in [6.45, 7) is 6.35. The van der Waals surface area contributed by atoms with Crippen molar-refractivity contribution in [1.29, 1.82) is 0 Å². The molecule has 6 heteroatoms. The average Bonchev–Trinajstić information content (AvgIpc) is 3.28. The van der Waals surface area contributed by atoms with Crippen molar-refractivity contribution in [2.24, 2.45) is 0 Å². The molecule has 0 bridgehead atoms.